The second-order valence-corrected chi connectivity index (χ2v) is 5.59. The summed E-state index contributed by atoms with van der Waals surface area (Å²) in [6, 6.07) is 0.425. The summed E-state index contributed by atoms with van der Waals surface area (Å²) >= 11 is 0. The highest BCUT2D eigenvalue weighted by molar-refractivity contribution is 5.83. The van der Waals surface area contributed by atoms with Gasteiger partial charge in [0.15, 0.2) is 0 Å². The van der Waals surface area contributed by atoms with E-state index in [1.807, 2.05) is 0 Å². The predicted molar refractivity (Wildman–Crippen MR) is 76.4 cm³/mol. The molecule has 1 saturated carbocycles. The van der Waals surface area contributed by atoms with Crippen molar-refractivity contribution in [2.75, 3.05) is 0 Å². The summed E-state index contributed by atoms with van der Waals surface area (Å²) in [6.45, 7) is 4.46. The van der Waals surface area contributed by atoms with Gasteiger partial charge in [0.2, 0.25) is 0 Å². The molecule has 1 atom stereocenters. The van der Waals surface area contributed by atoms with Crippen LogP contribution in [0.5, 0.6) is 0 Å². The van der Waals surface area contributed by atoms with Crippen LogP contribution in [0.15, 0.2) is 4.99 Å². The predicted octanol–water partition coefficient (Wildman–Crippen LogP) is 4.28. The zero-order valence-electron chi connectivity index (χ0n) is 11.8. The van der Waals surface area contributed by atoms with Gasteiger partial charge in [-0.15, -0.1) is 0 Å². The van der Waals surface area contributed by atoms with Crippen LogP contribution < -0.4 is 5.73 Å². The summed E-state index contributed by atoms with van der Waals surface area (Å²) in [5.41, 5.74) is 6.13. The molecule has 2 heteroatoms. The molecule has 0 bridgehead atoms. The molecule has 1 rings (SSSR count). The normalized spacial score (nSPS) is 20.5. The first kappa shape index (κ1) is 14.5. The summed E-state index contributed by atoms with van der Waals surface area (Å²) in [4.78, 5) is 4.69. The van der Waals surface area contributed by atoms with Crippen molar-refractivity contribution in [3.8, 4) is 0 Å². The fraction of sp³-hybridized carbons (Fsp3) is 0.933. The van der Waals surface area contributed by atoms with Crippen LogP contribution in [0.1, 0.15) is 78.1 Å². The Balaban J connectivity index is 2.23. The quantitative estimate of drug-likeness (QED) is 0.401. The third kappa shape index (κ3) is 6.09. The maximum atomic E-state index is 6.13. The van der Waals surface area contributed by atoms with E-state index in [1.54, 1.807) is 0 Å². The maximum absolute atomic E-state index is 6.13. The zero-order chi connectivity index (χ0) is 12.5. The van der Waals surface area contributed by atoms with Crippen LogP contribution >= 0.6 is 0 Å². The van der Waals surface area contributed by atoms with Gasteiger partial charge in [0.1, 0.15) is 0 Å². The Hall–Kier alpha value is -0.530. The van der Waals surface area contributed by atoms with E-state index in [4.69, 9.17) is 10.7 Å². The number of nitrogens with zero attached hydrogens (tertiary/aromatic N) is 1. The van der Waals surface area contributed by atoms with Crippen LogP contribution in [0.25, 0.3) is 0 Å². The Bertz CT molecular complexity index is 217. The van der Waals surface area contributed by atoms with Gasteiger partial charge in [-0.05, 0) is 26.2 Å². The molecule has 1 unspecified atom stereocenters. The van der Waals surface area contributed by atoms with Crippen LogP contribution in [0.4, 0.5) is 0 Å². The van der Waals surface area contributed by atoms with Crippen molar-refractivity contribution < 1.29 is 0 Å². The number of aliphatic imine (C=N–C) groups is 1. The van der Waals surface area contributed by atoms with E-state index in [9.17, 15) is 0 Å². The van der Waals surface area contributed by atoms with Gasteiger partial charge in [-0.2, -0.15) is 0 Å². The molecule has 0 radical (unpaired) electrons. The lowest BCUT2D eigenvalue weighted by Gasteiger charge is -2.22. The fourth-order valence-electron chi connectivity index (χ4n) is 2.69. The summed E-state index contributed by atoms with van der Waals surface area (Å²) in [5, 5.41) is 0. The van der Waals surface area contributed by atoms with Gasteiger partial charge in [0, 0.05) is 12.0 Å². The van der Waals surface area contributed by atoms with Gasteiger partial charge >= 0.3 is 0 Å². The molecule has 2 N–H and O–H groups in total. The van der Waals surface area contributed by atoms with Gasteiger partial charge in [-0.3, -0.25) is 4.99 Å². The molecular formula is C15H30N2. The third-order valence-corrected chi connectivity index (χ3v) is 3.87. The van der Waals surface area contributed by atoms with Crippen molar-refractivity contribution >= 4 is 5.84 Å². The Kier molecular flexibility index (Phi) is 7.30. The molecular weight excluding hydrogens is 208 g/mol. The van der Waals surface area contributed by atoms with Crippen LogP contribution in [0, 0.1) is 5.92 Å². The molecule has 0 aromatic carbocycles. The number of rotatable bonds is 7. The van der Waals surface area contributed by atoms with Crippen LogP contribution in [0.3, 0.4) is 0 Å². The molecule has 17 heavy (non-hydrogen) atoms. The van der Waals surface area contributed by atoms with Gasteiger partial charge in [0.25, 0.3) is 0 Å². The van der Waals surface area contributed by atoms with Gasteiger partial charge in [0.05, 0.1) is 5.84 Å². The Morgan fingerprint density at radius 3 is 2.53 bits per heavy atom. The number of hydrogen-bond acceptors (Lipinski definition) is 1. The Morgan fingerprint density at radius 2 is 1.88 bits per heavy atom. The molecule has 1 aliphatic rings. The van der Waals surface area contributed by atoms with Crippen LogP contribution in [-0.4, -0.2) is 11.9 Å². The van der Waals surface area contributed by atoms with Crippen molar-refractivity contribution in [2.24, 2.45) is 16.6 Å². The average Bonchev–Trinajstić information content (AvgIpc) is 2.36. The first-order chi connectivity index (χ1) is 8.24. The lowest BCUT2D eigenvalue weighted by molar-refractivity contribution is 0.434. The number of hydrogen-bond donors (Lipinski definition) is 1. The molecule has 0 amide bonds. The van der Waals surface area contributed by atoms with E-state index >= 15 is 0 Å². The molecule has 100 valence electrons. The number of amidine groups is 1. The average molecular weight is 238 g/mol. The Labute approximate surface area is 107 Å². The highest BCUT2D eigenvalue weighted by Crippen LogP contribution is 2.24. The minimum absolute atomic E-state index is 0.425. The second kappa shape index (κ2) is 8.54. The molecule has 0 aromatic rings. The molecule has 2 nitrogen and oxygen atoms in total. The van der Waals surface area contributed by atoms with Crippen molar-refractivity contribution in [1.29, 1.82) is 0 Å². The molecule has 1 fully saturated rings. The molecule has 0 aromatic heterocycles. The van der Waals surface area contributed by atoms with E-state index in [-0.39, 0.29) is 0 Å². The van der Waals surface area contributed by atoms with Gasteiger partial charge in [-0.25, -0.2) is 0 Å². The second-order valence-electron chi connectivity index (χ2n) is 5.59. The summed E-state index contributed by atoms with van der Waals surface area (Å²) in [5.74, 6) is 1.52. The van der Waals surface area contributed by atoms with Crippen molar-refractivity contribution in [3.05, 3.63) is 0 Å². The molecule has 0 heterocycles. The SMILES string of the molecule is CCCCCCC(C)N=C(N)C1CCCCC1. The molecule has 0 saturated heterocycles. The minimum atomic E-state index is 0.425. The van der Waals surface area contributed by atoms with Crippen LogP contribution in [-0.2, 0) is 0 Å². The lowest BCUT2D eigenvalue weighted by atomic mass is 9.88. The topological polar surface area (TPSA) is 38.4 Å². The molecule has 0 spiro atoms. The van der Waals surface area contributed by atoms with E-state index in [1.165, 1.54) is 64.2 Å². The van der Waals surface area contributed by atoms with Crippen molar-refractivity contribution in [1.82, 2.24) is 0 Å². The number of unbranched alkanes of at least 4 members (excludes halogenated alkanes) is 3. The summed E-state index contributed by atoms with van der Waals surface area (Å²) in [6.07, 6.45) is 13.1. The highest BCUT2D eigenvalue weighted by Gasteiger charge is 2.17. The highest BCUT2D eigenvalue weighted by atomic mass is 14.9. The Morgan fingerprint density at radius 1 is 1.18 bits per heavy atom. The van der Waals surface area contributed by atoms with Crippen molar-refractivity contribution in [2.45, 2.75) is 84.1 Å². The maximum Gasteiger partial charge on any atom is 0.0971 e. The van der Waals surface area contributed by atoms with E-state index in [0.717, 1.165) is 5.84 Å². The first-order valence-corrected chi connectivity index (χ1v) is 7.57. The largest absolute Gasteiger partial charge is 0.387 e. The summed E-state index contributed by atoms with van der Waals surface area (Å²) < 4.78 is 0. The van der Waals surface area contributed by atoms with Crippen LogP contribution in [0.2, 0.25) is 0 Å². The third-order valence-electron chi connectivity index (χ3n) is 3.87. The van der Waals surface area contributed by atoms with Gasteiger partial charge in [-0.1, -0.05) is 51.9 Å². The smallest absolute Gasteiger partial charge is 0.0971 e. The monoisotopic (exact) mass is 238 g/mol. The standard InChI is InChI=1S/C15H30N2/c1-3-4-5-7-10-13(2)17-15(16)14-11-8-6-9-12-14/h13-14H,3-12H2,1-2H3,(H2,16,17). The first-order valence-electron chi connectivity index (χ1n) is 7.57. The van der Waals surface area contributed by atoms with E-state index in [2.05, 4.69) is 13.8 Å². The molecule has 0 aliphatic heterocycles. The van der Waals surface area contributed by atoms with E-state index in [0.29, 0.717) is 12.0 Å². The summed E-state index contributed by atoms with van der Waals surface area (Å²) in [7, 11) is 0. The minimum Gasteiger partial charge on any atom is -0.387 e. The van der Waals surface area contributed by atoms with E-state index < -0.39 is 0 Å². The number of nitrogens with two attached hydrogens (primary N) is 1. The lowest BCUT2D eigenvalue weighted by Crippen LogP contribution is -2.27. The zero-order valence-corrected chi connectivity index (χ0v) is 11.8. The molecule has 1 aliphatic carbocycles. The van der Waals surface area contributed by atoms with Crippen molar-refractivity contribution in [3.63, 3.8) is 0 Å². The fourth-order valence-corrected chi connectivity index (χ4v) is 2.69. The van der Waals surface area contributed by atoms with Gasteiger partial charge < -0.3 is 5.73 Å².